The van der Waals surface area contributed by atoms with Crippen molar-refractivity contribution in [1.29, 1.82) is 0 Å². The monoisotopic (exact) mass is 230 g/mol. The molecule has 0 aliphatic rings. The molecule has 0 aromatic carbocycles. The van der Waals surface area contributed by atoms with Crippen molar-refractivity contribution in [3.63, 3.8) is 0 Å². The van der Waals surface area contributed by atoms with E-state index in [1.165, 1.54) is 0 Å². The Morgan fingerprint density at radius 2 is 2.07 bits per heavy atom. The highest BCUT2D eigenvalue weighted by molar-refractivity contribution is 6.24. The van der Waals surface area contributed by atoms with Crippen LogP contribution in [0.5, 0.6) is 0 Å². The highest BCUT2D eigenvalue weighted by Crippen LogP contribution is 2.35. The lowest BCUT2D eigenvalue weighted by atomic mass is 9.95. The molecule has 0 bridgehead atoms. The number of nitrogens with two attached hydrogens (primary N) is 2. The summed E-state index contributed by atoms with van der Waals surface area (Å²) in [6.07, 6.45) is -0.166. The molecule has 0 aromatic rings. The minimum absolute atomic E-state index is 0.142. The van der Waals surface area contributed by atoms with Crippen molar-refractivity contribution in [2.75, 3.05) is 13.7 Å². The minimum atomic E-state index is -3.85. The molecule has 4 nitrogen and oxygen atoms in total. The summed E-state index contributed by atoms with van der Waals surface area (Å²) in [4.78, 5) is 11.0. The first kappa shape index (κ1) is 13.5. The van der Waals surface area contributed by atoms with Crippen LogP contribution in [0.15, 0.2) is 0 Å². The zero-order valence-electron chi connectivity index (χ0n) is 7.73. The van der Waals surface area contributed by atoms with E-state index in [2.05, 4.69) is 4.74 Å². The molecule has 7 heteroatoms. The summed E-state index contributed by atoms with van der Waals surface area (Å²) in [5, 5.41) is -3.85. The number of carbonyl (C=O) groups is 1. The molecule has 0 saturated carbocycles. The number of halogens is 3. The largest absolute Gasteiger partial charge is 0.467 e. The smallest absolute Gasteiger partial charge is 0.350 e. The van der Waals surface area contributed by atoms with Gasteiger partial charge >= 0.3 is 11.4 Å². The van der Waals surface area contributed by atoms with Gasteiger partial charge in [-0.3, -0.25) is 0 Å². The van der Waals surface area contributed by atoms with Gasteiger partial charge in [-0.15, -0.1) is 0 Å². The Hall–Kier alpha value is -0.460. The van der Waals surface area contributed by atoms with E-state index in [0.717, 1.165) is 7.11 Å². The van der Waals surface area contributed by atoms with E-state index in [1.54, 1.807) is 0 Å². The van der Waals surface area contributed by atoms with E-state index in [1.807, 2.05) is 0 Å². The second kappa shape index (κ2) is 4.86. The van der Waals surface area contributed by atoms with Crippen molar-refractivity contribution in [3.05, 3.63) is 0 Å². The van der Waals surface area contributed by atoms with Crippen LogP contribution in [-0.2, 0) is 9.53 Å². The summed E-state index contributed by atoms with van der Waals surface area (Å²) in [5.74, 6) is -1.24. The first-order chi connectivity index (χ1) is 6.29. The van der Waals surface area contributed by atoms with Gasteiger partial charge < -0.3 is 16.2 Å². The zero-order chi connectivity index (χ0) is 11.4. The standard InChI is InChI=1S/C7H13ClF2N2O2/c1-14-5(13)6(12,3-2-4-11)7(8,9)10/h2-4,11-12H2,1H3/t6-/m1/s1. The number of rotatable bonds is 5. The number of alkyl halides is 3. The van der Waals surface area contributed by atoms with Gasteiger partial charge in [-0.05, 0) is 31.0 Å². The molecule has 0 aromatic heterocycles. The molecular weight excluding hydrogens is 218 g/mol. The average molecular weight is 231 g/mol. The average Bonchev–Trinajstić information content (AvgIpc) is 2.10. The number of hydrogen-bond acceptors (Lipinski definition) is 4. The fourth-order valence-corrected chi connectivity index (χ4v) is 1.09. The highest BCUT2D eigenvalue weighted by Gasteiger charge is 2.55. The van der Waals surface area contributed by atoms with Crippen LogP contribution in [0.3, 0.4) is 0 Å². The van der Waals surface area contributed by atoms with E-state index in [0.29, 0.717) is 0 Å². The van der Waals surface area contributed by atoms with Crippen molar-refractivity contribution in [2.45, 2.75) is 23.8 Å². The Kier molecular flexibility index (Phi) is 4.70. The molecule has 0 saturated heterocycles. The topological polar surface area (TPSA) is 78.3 Å². The zero-order valence-corrected chi connectivity index (χ0v) is 8.48. The molecule has 0 unspecified atom stereocenters. The van der Waals surface area contributed by atoms with Crippen molar-refractivity contribution in [3.8, 4) is 0 Å². The van der Waals surface area contributed by atoms with Gasteiger partial charge in [0.25, 0.3) is 0 Å². The summed E-state index contributed by atoms with van der Waals surface area (Å²) < 4.78 is 29.8. The van der Waals surface area contributed by atoms with Crippen LogP contribution in [0.1, 0.15) is 12.8 Å². The predicted molar refractivity (Wildman–Crippen MR) is 48.0 cm³/mol. The summed E-state index contributed by atoms with van der Waals surface area (Å²) in [5.41, 5.74) is 7.82. The third kappa shape index (κ3) is 2.76. The second-order valence-electron chi connectivity index (χ2n) is 2.85. The van der Waals surface area contributed by atoms with Gasteiger partial charge in [-0.1, -0.05) is 0 Å². The summed E-state index contributed by atoms with van der Waals surface area (Å²) in [6, 6.07) is 0. The molecule has 0 aliphatic heterocycles. The Morgan fingerprint density at radius 1 is 1.57 bits per heavy atom. The second-order valence-corrected chi connectivity index (χ2v) is 3.33. The number of methoxy groups -OCH3 is 1. The van der Waals surface area contributed by atoms with Gasteiger partial charge in [0.2, 0.25) is 0 Å². The number of ether oxygens (including phenoxy) is 1. The molecular formula is C7H13ClF2N2O2. The maximum absolute atomic E-state index is 12.8. The van der Waals surface area contributed by atoms with Crippen LogP contribution >= 0.6 is 11.6 Å². The molecule has 0 aliphatic carbocycles. The van der Waals surface area contributed by atoms with Gasteiger partial charge in [0.05, 0.1) is 7.11 Å². The third-order valence-electron chi connectivity index (χ3n) is 1.83. The van der Waals surface area contributed by atoms with Gasteiger partial charge in [-0.2, -0.15) is 8.78 Å². The lowest BCUT2D eigenvalue weighted by Gasteiger charge is -2.29. The molecule has 0 fully saturated rings. The number of esters is 1. The Bertz CT molecular complexity index is 210. The maximum atomic E-state index is 12.8. The Morgan fingerprint density at radius 3 is 2.36 bits per heavy atom. The van der Waals surface area contributed by atoms with Gasteiger partial charge in [0.15, 0.2) is 5.54 Å². The highest BCUT2D eigenvalue weighted by atomic mass is 35.5. The predicted octanol–water partition coefficient (Wildman–Crippen LogP) is 0.427. The summed E-state index contributed by atoms with van der Waals surface area (Å²) >= 11 is 4.75. The lowest BCUT2D eigenvalue weighted by Crippen LogP contribution is -2.59. The van der Waals surface area contributed by atoms with Gasteiger partial charge in [0.1, 0.15) is 0 Å². The van der Waals surface area contributed by atoms with Crippen LogP contribution in [0.4, 0.5) is 8.78 Å². The van der Waals surface area contributed by atoms with E-state index in [9.17, 15) is 13.6 Å². The molecule has 4 N–H and O–H groups in total. The lowest BCUT2D eigenvalue weighted by molar-refractivity contribution is -0.156. The maximum Gasteiger partial charge on any atom is 0.350 e. The molecule has 0 spiro atoms. The molecule has 84 valence electrons. The minimum Gasteiger partial charge on any atom is -0.467 e. The van der Waals surface area contributed by atoms with E-state index < -0.39 is 16.9 Å². The fourth-order valence-electron chi connectivity index (χ4n) is 0.923. The number of carbonyl (C=O) groups excluding carboxylic acids is 1. The molecule has 1 atom stereocenters. The summed E-state index contributed by atoms with van der Waals surface area (Å²) in [6.45, 7) is 0.142. The normalized spacial score (nSPS) is 16.1. The van der Waals surface area contributed by atoms with Crippen LogP contribution in [0.2, 0.25) is 0 Å². The van der Waals surface area contributed by atoms with Crippen LogP contribution in [-0.4, -0.2) is 30.5 Å². The number of hydrogen-bond donors (Lipinski definition) is 2. The van der Waals surface area contributed by atoms with Crippen LogP contribution in [0, 0.1) is 0 Å². The molecule has 0 rings (SSSR count). The van der Waals surface area contributed by atoms with Crippen molar-refractivity contribution >= 4 is 17.6 Å². The van der Waals surface area contributed by atoms with Crippen LogP contribution in [0.25, 0.3) is 0 Å². The Balaban J connectivity index is 4.76. The van der Waals surface area contributed by atoms with Gasteiger partial charge in [0, 0.05) is 0 Å². The SMILES string of the molecule is COC(=O)[C@](N)(CCCN)C(F)(F)Cl. The van der Waals surface area contributed by atoms with Crippen LogP contribution < -0.4 is 11.5 Å². The molecule has 14 heavy (non-hydrogen) atoms. The first-order valence-electron chi connectivity index (χ1n) is 3.93. The molecule has 0 radical (unpaired) electrons. The molecule has 0 heterocycles. The first-order valence-corrected chi connectivity index (χ1v) is 4.31. The van der Waals surface area contributed by atoms with Crippen molar-refractivity contribution < 1.29 is 18.3 Å². The summed E-state index contributed by atoms with van der Waals surface area (Å²) in [7, 11) is 0.967. The van der Waals surface area contributed by atoms with Gasteiger partial charge in [-0.25, -0.2) is 4.79 Å². The third-order valence-corrected chi connectivity index (χ3v) is 2.17. The van der Waals surface area contributed by atoms with Crippen molar-refractivity contribution in [1.82, 2.24) is 0 Å². The Labute approximate surface area is 85.5 Å². The fraction of sp³-hybridized carbons (Fsp3) is 0.857. The molecule has 0 amide bonds. The van der Waals surface area contributed by atoms with E-state index in [4.69, 9.17) is 23.1 Å². The quantitative estimate of drug-likeness (QED) is 0.530. The van der Waals surface area contributed by atoms with E-state index in [-0.39, 0.29) is 19.4 Å². The van der Waals surface area contributed by atoms with E-state index >= 15 is 0 Å². The van der Waals surface area contributed by atoms with Crippen molar-refractivity contribution in [2.24, 2.45) is 11.5 Å².